The minimum Gasteiger partial charge on any atom is -0.475 e. The maximum absolute atomic E-state index is 15.1. The zero-order chi connectivity index (χ0) is 22.0. The van der Waals surface area contributed by atoms with E-state index in [0.29, 0.717) is 36.7 Å². The summed E-state index contributed by atoms with van der Waals surface area (Å²) in [7, 11) is 0. The Morgan fingerprint density at radius 1 is 1.28 bits per heavy atom. The van der Waals surface area contributed by atoms with Gasteiger partial charge >= 0.3 is 6.01 Å². The van der Waals surface area contributed by atoms with E-state index in [0.717, 1.165) is 25.9 Å². The van der Waals surface area contributed by atoms with Gasteiger partial charge in [0.2, 0.25) is 5.88 Å². The van der Waals surface area contributed by atoms with E-state index in [1.165, 1.54) is 12.8 Å². The first kappa shape index (κ1) is 20.6. The van der Waals surface area contributed by atoms with E-state index < -0.39 is 12.0 Å². The summed E-state index contributed by atoms with van der Waals surface area (Å²) in [6.45, 7) is 4.84. The number of alkyl halides is 1. The van der Waals surface area contributed by atoms with E-state index in [1.54, 1.807) is 0 Å². The predicted molar refractivity (Wildman–Crippen MR) is 116 cm³/mol. The van der Waals surface area contributed by atoms with Crippen molar-refractivity contribution in [2.75, 3.05) is 37.7 Å². The van der Waals surface area contributed by atoms with E-state index in [-0.39, 0.29) is 40.7 Å². The van der Waals surface area contributed by atoms with E-state index >= 15 is 4.39 Å². The van der Waals surface area contributed by atoms with Crippen molar-refractivity contribution in [1.82, 2.24) is 19.9 Å². The van der Waals surface area contributed by atoms with Crippen molar-refractivity contribution < 1.29 is 18.3 Å². The van der Waals surface area contributed by atoms with Crippen LogP contribution in [0, 0.1) is 11.7 Å². The molecule has 172 valence electrons. The second-order valence-electron chi connectivity index (χ2n) is 9.69. The summed E-state index contributed by atoms with van der Waals surface area (Å²) in [6, 6.07) is 0.0988. The van der Waals surface area contributed by atoms with Crippen LogP contribution >= 0.6 is 11.6 Å². The molecule has 0 radical (unpaired) electrons. The summed E-state index contributed by atoms with van der Waals surface area (Å²) in [5.74, 6) is 0.684. The molecule has 6 rings (SSSR count). The van der Waals surface area contributed by atoms with Gasteiger partial charge in [0.15, 0.2) is 11.0 Å². The van der Waals surface area contributed by atoms with E-state index in [1.807, 2.05) is 0 Å². The fraction of sp³-hybridized carbons (Fsp3) is 0.682. The first-order valence-electron chi connectivity index (χ1n) is 11.4. The monoisotopic (exact) mass is 465 g/mol. The van der Waals surface area contributed by atoms with Gasteiger partial charge in [0.05, 0.1) is 11.6 Å². The van der Waals surface area contributed by atoms with Gasteiger partial charge in [-0.15, -0.1) is 0 Å². The van der Waals surface area contributed by atoms with Crippen LogP contribution in [0.5, 0.6) is 11.9 Å². The number of rotatable bonds is 5. The Balaban J connectivity index is 1.41. The van der Waals surface area contributed by atoms with Gasteiger partial charge in [0.1, 0.15) is 36.1 Å². The number of anilines is 1. The molecular formula is C22H26ClF2N5O2. The highest BCUT2D eigenvalue weighted by atomic mass is 35.5. The van der Waals surface area contributed by atoms with Gasteiger partial charge in [-0.05, 0) is 45.1 Å². The van der Waals surface area contributed by atoms with Crippen molar-refractivity contribution in [2.45, 2.75) is 56.8 Å². The van der Waals surface area contributed by atoms with Gasteiger partial charge in [-0.1, -0.05) is 11.6 Å². The summed E-state index contributed by atoms with van der Waals surface area (Å²) in [6.07, 6.45) is 3.83. The fourth-order valence-corrected chi connectivity index (χ4v) is 5.61. The molecule has 0 bridgehead atoms. The van der Waals surface area contributed by atoms with Crippen LogP contribution in [0.25, 0.3) is 10.9 Å². The molecule has 1 aliphatic carbocycles. The average molecular weight is 466 g/mol. The molecule has 3 fully saturated rings. The summed E-state index contributed by atoms with van der Waals surface area (Å²) < 4.78 is 41.1. The zero-order valence-electron chi connectivity index (χ0n) is 18.0. The summed E-state index contributed by atoms with van der Waals surface area (Å²) in [5.41, 5.74) is -0.291. The van der Waals surface area contributed by atoms with Gasteiger partial charge in [-0.2, -0.15) is 15.0 Å². The van der Waals surface area contributed by atoms with Crippen LogP contribution in [0.1, 0.15) is 39.0 Å². The lowest BCUT2D eigenvalue weighted by Crippen LogP contribution is -2.43. The second kappa shape index (κ2) is 7.52. The maximum atomic E-state index is 15.1. The minimum atomic E-state index is -0.849. The molecule has 3 atom stereocenters. The molecule has 0 unspecified atom stereocenters. The van der Waals surface area contributed by atoms with Crippen LogP contribution in [0.3, 0.4) is 0 Å². The van der Waals surface area contributed by atoms with Gasteiger partial charge in [-0.3, -0.25) is 4.90 Å². The Morgan fingerprint density at radius 2 is 2.12 bits per heavy atom. The van der Waals surface area contributed by atoms with Crippen molar-refractivity contribution in [2.24, 2.45) is 5.92 Å². The molecule has 0 amide bonds. The van der Waals surface area contributed by atoms with Crippen molar-refractivity contribution in [3.05, 3.63) is 11.0 Å². The lowest BCUT2D eigenvalue weighted by Gasteiger charge is -2.31. The second-order valence-corrected chi connectivity index (χ2v) is 10.1. The predicted octanol–water partition coefficient (Wildman–Crippen LogP) is 3.77. The highest BCUT2D eigenvalue weighted by Crippen LogP contribution is 2.43. The third-order valence-electron chi connectivity index (χ3n) is 7.32. The molecule has 3 aliphatic heterocycles. The van der Waals surface area contributed by atoms with Gasteiger partial charge in [0, 0.05) is 19.5 Å². The molecule has 4 aliphatic rings. The minimum absolute atomic E-state index is 0.0173. The lowest BCUT2D eigenvalue weighted by molar-refractivity contribution is 0.107. The zero-order valence-corrected chi connectivity index (χ0v) is 18.7. The molecule has 0 aromatic carbocycles. The quantitative estimate of drug-likeness (QED) is 0.623. The number of ether oxygens (including phenoxy) is 2. The lowest BCUT2D eigenvalue weighted by atomic mass is 9.95. The van der Waals surface area contributed by atoms with Gasteiger partial charge < -0.3 is 14.4 Å². The summed E-state index contributed by atoms with van der Waals surface area (Å²) in [5, 5.41) is 0.137. The van der Waals surface area contributed by atoms with E-state index in [2.05, 4.69) is 26.7 Å². The smallest absolute Gasteiger partial charge is 0.319 e. The Kier molecular flexibility index (Phi) is 4.84. The molecule has 2 aromatic rings. The molecule has 0 N–H and O–H groups in total. The summed E-state index contributed by atoms with van der Waals surface area (Å²) in [4.78, 5) is 17.5. The number of pyridine rings is 1. The molecule has 0 spiro atoms. The molecule has 2 aromatic heterocycles. The van der Waals surface area contributed by atoms with Crippen LogP contribution < -0.4 is 14.4 Å². The molecule has 7 nitrogen and oxygen atoms in total. The topological polar surface area (TPSA) is 63.6 Å². The Labute approximate surface area is 190 Å². The Morgan fingerprint density at radius 3 is 2.94 bits per heavy atom. The largest absolute Gasteiger partial charge is 0.475 e. The highest BCUT2D eigenvalue weighted by Gasteiger charge is 2.49. The van der Waals surface area contributed by atoms with Crippen LogP contribution in [0.2, 0.25) is 5.15 Å². The first-order chi connectivity index (χ1) is 15.4. The standard InChI is InChI=1S/C22H26ClF2N5O2/c1-12-10-31-20-15-17(16(25)18(23)27-20)26-21(28-19(15)30(12)8-13-3-4-13)32-11-22-5-2-6-29(22)9-14(24)7-22/h12-14H,2-11H2,1H3/t12-,14+,22-/m0/s1. The molecule has 5 heterocycles. The Bertz CT molecular complexity index is 1070. The highest BCUT2D eigenvalue weighted by molar-refractivity contribution is 6.30. The molecule has 1 saturated carbocycles. The normalized spacial score (nSPS) is 29.8. The van der Waals surface area contributed by atoms with Crippen molar-refractivity contribution in [3.8, 4) is 11.9 Å². The molecular weight excluding hydrogens is 440 g/mol. The number of nitrogens with zero attached hydrogens (tertiary/aromatic N) is 5. The van der Waals surface area contributed by atoms with Gasteiger partial charge in [-0.25, -0.2) is 8.78 Å². The third kappa shape index (κ3) is 3.36. The number of aromatic nitrogens is 3. The van der Waals surface area contributed by atoms with E-state index in [4.69, 9.17) is 26.1 Å². The summed E-state index contributed by atoms with van der Waals surface area (Å²) >= 11 is 6.06. The fourth-order valence-electron chi connectivity index (χ4n) is 5.44. The van der Waals surface area contributed by atoms with Crippen LogP contribution in [-0.2, 0) is 0 Å². The third-order valence-corrected chi connectivity index (χ3v) is 7.57. The van der Waals surface area contributed by atoms with Crippen LogP contribution in [-0.4, -0.2) is 70.5 Å². The number of hydrogen-bond donors (Lipinski definition) is 0. The Hall–Kier alpha value is -2.00. The van der Waals surface area contributed by atoms with Crippen molar-refractivity contribution >= 4 is 28.3 Å². The molecule has 2 saturated heterocycles. The van der Waals surface area contributed by atoms with E-state index in [9.17, 15) is 4.39 Å². The van der Waals surface area contributed by atoms with Crippen molar-refractivity contribution in [3.63, 3.8) is 0 Å². The number of hydrogen-bond acceptors (Lipinski definition) is 7. The van der Waals surface area contributed by atoms with Gasteiger partial charge in [0.25, 0.3) is 0 Å². The molecule has 32 heavy (non-hydrogen) atoms. The van der Waals surface area contributed by atoms with Crippen LogP contribution in [0.4, 0.5) is 14.6 Å². The average Bonchev–Trinajstić information content (AvgIpc) is 3.45. The molecule has 10 heteroatoms. The SMILES string of the molecule is C[C@H]1COc2nc(Cl)c(F)c3nc(OC[C@@]45CCCN4C[C@H](F)C5)nc(c23)N1CC1CC1. The number of fused-ring (bicyclic) bond motifs is 1. The first-order valence-corrected chi connectivity index (χ1v) is 11.8. The number of halogens is 3. The maximum Gasteiger partial charge on any atom is 0.319 e. The van der Waals surface area contributed by atoms with Crippen molar-refractivity contribution in [1.29, 1.82) is 0 Å². The van der Waals surface area contributed by atoms with Crippen LogP contribution in [0.15, 0.2) is 0 Å².